The highest BCUT2D eigenvalue weighted by Crippen LogP contribution is 2.24. The molecule has 3 aromatic rings. The van der Waals surface area contributed by atoms with Crippen LogP contribution in [0.5, 0.6) is 5.75 Å². The highest BCUT2D eigenvalue weighted by molar-refractivity contribution is 7.17. The Kier molecular flexibility index (Phi) is 7.29. The summed E-state index contributed by atoms with van der Waals surface area (Å²) in [6.07, 6.45) is 5.49. The zero-order valence-corrected chi connectivity index (χ0v) is 19.1. The van der Waals surface area contributed by atoms with Crippen LogP contribution in [0, 0.1) is 13.8 Å². The second-order valence-electron chi connectivity index (χ2n) is 7.17. The Balaban J connectivity index is 1.73. The van der Waals surface area contributed by atoms with E-state index >= 15 is 0 Å². The summed E-state index contributed by atoms with van der Waals surface area (Å²) in [5, 5.41) is 3.07. The molecule has 2 aromatic heterocycles. The number of aromatic nitrogens is 2. The molecule has 0 aliphatic rings. The standard InChI is InChI=1S/C23H30N4O2S/c1-6-26(7-2)21(18-9-8-10-19(13-18)29-5)14-24-22(28)12-11-20-17(4)25-23-27(20)15-16(3)30-23/h8-13,15,21H,6-7,14H2,1-5H3,(H,24,28). The molecule has 0 spiro atoms. The third-order valence-corrected chi connectivity index (χ3v) is 6.15. The minimum atomic E-state index is -0.114. The smallest absolute Gasteiger partial charge is 0.244 e. The van der Waals surface area contributed by atoms with E-state index in [-0.39, 0.29) is 11.9 Å². The molecule has 2 heterocycles. The minimum absolute atomic E-state index is 0.0791. The van der Waals surface area contributed by atoms with Crippen LogP contribution in [-0.2, 0) is 4.79 Å². The Bertz CT molecular complexity index is 1030. The molecular weight excluding hydrogens is 396 g/mol. The van der Waals surface area contributed by atoms with E-state index in [2.05, 4.69) is 48.2 Å². The predicted octanol–water partition coefficient (Wildman–Crippen LogP) is 4.23. The molecular formula is C23H30N4O2S. The largest absolute Gasteiger partial charge is 0.497 e. The van der Waals surface area contributed by atoms with Crippen molar-refractivity contribution in [2.75, 3.05) is 26.7 Å². The Morgan fingerprint density at radius 3 is 2.80 bits per heavy atom. The molecule has 0 bridgehead atoms. The van der Waals surface area contributed by atoms with Crippen molar-refractivity contribution in [3.05, 3.63) is 58.4 Å². The topological polar surface area (TPSA) is 58.9 Å². The number of benzene rings is 1. The van der Waals surface area contributed by atoms with E-state index in [4.69, 9.17) is 4.74 Å². The van der Waals surface area contributed by atoms with Gasteiger partial charge >= 0.3 is 0 Å². The van der Waals surface area contributed by atoms with Gasteiger partial charge in [0.15, 0.2) is 4.96 Å². The summed E-state index contributed by atoms with van der Waals surface area (Å²) in [6, 6.07) is 8.12. The van der Waals surface area contributed by atoms with Gasteiger partial charge in [-0.25, -0.2) is 4.98 Å². The molecule has 160 valence electrons. The van der Waals surface area contributed by atoms with Crippen molar-refractivity contribution in [1.82, 2.24) is 19.6 Å². The second kappa shape index (κ2) is 9.91. The number of imidazole rings is 1. The lowest BCUT2D eigenvalue weighted by atomic mass is 10.0. The first kappa shape index (κ1) is 22.1. The predicted molar refractivity (Wildman–Crippen MR) is 123 cm³/mol. The van der Waals surface area contributed by atoms with Crippen LogP contribution >= 0.6 is 11.3 Å². The number of carbonyl (C=O) groups excluding carboxylic acids is 1. The number of fused-ring (bicyclic) bond motifs is 1. The maximum atomic E-state index is 12.6. The van der Waals surface area contributed by atoms with Crippen LogP contribution in [-0.4, -0.2) is 46.9 Å². The number of rotatable bonds is 9. The minimum Gasteiger partial charge on any atom is -0.497 e. The number of carbonyl (C=O) groups is 1. The molecule has 30 heavy (non-hydrogen) atoms. The van der Waals surface area contributed by atoms with Crippen LogP contribution in [0.15, 0.2) is 36.5 Å². The lowest BCUT2D eigenvalue weighted by Gasteiger charge is -2.30. The van der Waals surface area contributed by atoms with Crippen molar-refractivity contribution in [3.63, 3.8) is 0 Å². The van der Waals surface area contributed by atoms with Gasteiger partial charge in [0.2, 0.25) is 5.91 Å². The summed E-state index contributed by atoms with van der Waals surface area (Å²) in [6.45, 7) is 10.6. The first-order valence-corrected chi connectivity index (χ1v) is 11.1. The van der Waals surface area contributed by atoms with E-state index in [9.17, 15) is 4.79 Å². The number of methoxy groups -OCH3 is 1. The molecule has 7 heteroatoms. The van der Waals surface area contributed by atoms with Gasteiger partial charge in [-0.15, -0.1) is 11.3 Å². The van der Waals surface area contributed by atoms with Gasteiger partial charge in [-0.05, 0) is 50.7 Å². The van der Waals surface area contributed by atoms with E-state index in [1.165, 1.54) is 4.88 Å². The van der Waals surface area contributed by atoms with Crippen LogP contribution < -0.4 is 10.1 Å². The summed E-state index contributed by atoms with van der Waals surface area (Å²) >= 11 is 1.65. The molecule has 0 fully saturated rings. The van der Waals surface area contributed by atoms with Gasteiger partial charge < -0.3 is 10.1 Å². The number of hydrogen-bond acceptors (Lipinski definition) is 5. The Hall–Kier alpha value is -2.64. The lowest BCUT2D eigenvalue weighted by molar-refractivity contribution is -0.116. The van der Waals surface area contributed by atoms with Gasteiger partial charge in [-0.2, -0.15) is 0 Å². The van der Waals surface area contributed by atoms with Gasteiger partial charge in [0.05, 0.1) is 24.5 Å². The Morgan fingerprint density at radius 2 is 2.10 bits per heavy atom. The van der Waals surface area contributed by atoms with Crippen molar-refractivity contribution in [2.24, 2.45) is 0 Å². The average Bonchev–Trinajstić information content (AvgIpc) is 3.23. The van der Waals surface area contributed by atoms with E-state index in [1.54, 1.807) is 24.5 Å². The molecule has 1 aromatic carbocycles. The number of aryl methyl sites for hydroxylation is 2. The fourth-order valence-electron chi connectivity index (χ4n) is 3.66. The van der Waals surface area contributed by atoms with Crippen LogP contribution in [0.25, 0.3) is 11.0 Å². The van der Waals surface area contributed by atoms with E-state index in [0.717, 1.165) is 40.8 Å². The van der Waals surface area contributed by atoms with E-state index in [0.29, 0.717) is 6.54 Å². The summed E-state index contributed by atoms with van der Waals surface area (Å²) in [5.74, 6) is 0.707. The quantitative estimate of drug-likeness (QED) is 0.520. The lowest BCUT2D eigenvalue weighted by Crippen LogP contribution is -2.37. The van der Waals surface area contributed by atoms with Crippen molar-refractivity contribution in [3.8, 4) is 5.75 Å². The van der Waals surface area contributed by atoms with Gasteiger partial charge in [0, 0.05) is 23.7 Å². The summed E-state index contributed by atoms with van der Waals surface area (Å²) in [5.41, 5.74) is 2.99. The average molecular weight is 427 g/mol. The van der Waals surface area contributed by atoms with E-state index < -0.39 is 0 Å². The summed E-state index contributed by atoms with van der Waals surface area (Å²) in [7, 11) is 1.67. The summed E-state index contributed by atoms with van der Waals surface area (Å²) in [4.78, 5) is 21.6. The molecule has 1 amide bonds. The van der Waals surface area contributed by atoms with Crippen molar-refractivity contribution >= 4 is 28.3 Å². The third kappa shape index (κ3) is 4.91. The maximum absolute atomic E-state index is 12.6. The molecule has 0 radical (unpaired) electrons. The molecule has 0 saturated heterocycles. The molecule has 3 rings (SSSR count). The Morgan fingerprint density at radius 1 is 1.33 bits per heavy atom. The normalized spacial score (nSPS) is 12.7. The highest BCUT2D eigenvalue weighted by Gasteiger charge is 2.19. The number of ether oxygens (including phenoxy) is 1. The molecule has 1 N–H and O–H groups in total. The molecule has 1 unspecified atom stereocenters. The second-order valence-corrected chi connectivity index (χ2v) is 8.38. The number of thiazole rings is 1. The monoisotopic (exact) mass is 426 g/mol. The van der Waals surface area contributed by atoms with Gasteiger partial charge in [-0.3, -0.25) is 14.1 Å². The Labute approximate surface area is 182 Å². The summed E-state index contributed by atoms with van der Waals surface area (Å²) < 4.78 is 7.42. The third-order valence-electron chi connectivity index (χ3n) is 5.26. The fraction of sp³-hybridized carbons (Fsp3) is 0.391. The number of nitrogens with zero attached hydrogens (tertiary/aromatic N) is 3. The fourth-order valence-corrected chi connectivity index (χ4v) is 4.54. The molecule has 6 nitrogen and oxygen atoms in total. The van der Waals surface area contributed by atoms with Crippen molar-refractivity contribution in [2.45, 2.75) is 33.7 Å². The molecule has 0 aliphatic heterocycles. The van der Waals surface area contributed by atoms with Crippen LogP contribution in [0.3, 0.4) is 0 Å². The molecule has 1 atom stereocenters. The van der Waals surface area contributed by atoms with Crippen molar-refractivity contribution < 1.29 is 9.53 Å². The van der Waals surface area contributed by atoms with Crippen molar-refractivity contribution in [1.29, 1.82) is 0 Å². The number of nitrogens with one attached hydrogen (secondary N) is 1. The van der Waals surface area contributed by atoms with E-state index in [1.807, 2.05) is 35.6 Å². The molecule has 0 aliphatic carbocycles. The van der Waals surface area contributed by atoms with Crippen LogP contribution in [0.1, 0.15) is 41.7 Å². The number of amides is 1. The highest BCUT2D eigenvalue weighted by atomic mass is 32.1. The van der Waals surface area contributed by atoms with Crippen LogP contribution in [0.2, 0.25) is 0 Å². The maximum Gasteiger partial charge on any atom is 0.244 e. The molecule has 0 saturated carbocycles. The zero-order chi connectivity index (χ0) is 21.7. The van der Waals surface area contributed by atoms with Gasteiger partial charge in [-0.1, -0.05) is 26.0 Å². The number of likely N-dealkylation sites (N-methyl/N-ethyl adjacent to an activating group) is 1. The van der Waals surface area contributed by atoms with Gasteiger partial charge in [0.1, 0.15) is 5.75 Å². The van der Waals surface area contributed by atoms with Gasteiger partial charge in [0.25, 0.3) is 0 Å². The number of hydrogen-bond donors (Lipinski definition) is 1. The van der Waals surface area contributed by atoms with Crippen LogP contribution in [0.4, 0.5) is 0 Å². The first-order chi connectivity index (χ1) is 14.5. The first-order valence-electron chi connectivity index (χ1n) is 10.3. The SMILES string of the molecule is CCN(CC)C(CNC(=O)C=Cc1c(C)nc2sc(C)cn12)c1cccc(OC)c1. The zero-order valence-electron chi connectivity index (χ0n) is 18.3.